The Balaban J connectivity index is 2.03. The van der Waals surface area contributed by atoms with Gasteiger partial charge in [-0.3, -0.25) is 9.69 Å². The minimum absolute atomic E-state index is 0.129. The number of carbonyl (C=O) groups is 1. The number of likely N-dealkylation sites (tertiary alicyclic amines) is 1. The molecule has 0 aliphatic carbocycles. The van der Waals surface area contributed by atoms with Crippen LogP contribution in [0.25, 0.3) is 0 Å². The Morgan fingerprint density at radius 2 is 2.21 bits per heavy atom. The van der Waals surface area contributed by atoms with E-state index >= 15 is 0 Å². The van der Waals surface area contributed by atoms with Crippen molar-refractivity contribution in [2.75, 3.05) is 13.7 Å². The molecule has 1 fully saturated rings. The number of benzene rings is 1. The third-order valence-electron chi connectivity index (χ3n) is 3.71. The van der Waals surface area contributed by atoms with E-state index in [9.17, 15) is 4.79 Å². The third-order valence-corrected chi connectivity index (χ3v) is 4.08. The Morgan fingerprint density at radius 1 is 1.42 bits per heavy atom. The molecular formula is C15H20ClNO2. The van der Waals surface area contributed by atoms with Gasteiger partial charge in [0.15, 0.2) is 0 Å². The fourth-order valence-electron chi connectivity index (χ4n) is 2.62. The van der Waals surface area contributed by atoms with Crippen molar-refractivity contribution in [3.05, 3.63) is 34.9 Å². The third kappa shape index (κ3) is 3.95. The number of rotatable bonds is 4. The Labute approximate surface area is 119 Å². The van der Waals surface area contributed by atoms with Gasteiger partial charge < -0.3 is 4.74 Å². The highest BCUT2D eigenvalue weighted by Crippen LogP contribution is 2.24. The first-order chi connectivity index (χ1) is 9.20. The maximum absolute atomic E-state index is 11.5. The Kier molecular flexibility index (Phi) is 5.23. The van der Waals surface area contributed by atoms with Crippen LogP contribution in [0.15, 0.2) is 24.3 Å². The summed E-state index contributed by atoms with van der Waals surface area (Å²) in [5, 5.41) is 0.796. The molecule has 19 heavy (non-hydrogen) atoms. The minimum Gasteiger partial charge on any atom is -0.469 e. The molecule has 0 spiro atoms. The van der Waals surface area contributed by atoms with Gasteiger partial charge in [-0.2, -0.15) is 0 Å². The second kappa shape index (κ2) is 6.92. The number of methoxy groups -OCH3 is 1. The second-order valence-corrected chi connectivity index (χ2v) is 5.40. The van der Waals surface area contributed by atoms with E-state index in [1.165, 1.54) is 20.0 Å². The smallest absolute Gasteiger partial charge is 0.307 e. The van der Waals surface area contributed by atoms with E-state index in [0.29, 0.717) is 6.42 Å². The second-order valence-electron chi connectivity index (χ2n) is 4.99. The van der Waals surface area contributed by atoms with Crippen LogP contribution in [0, 0.1) is 0 Å². The van der Waals surface area contributed by atoms with Crippen molar-refractivity contribution in [3.63, 3.8) is 0 Å². The molecule has 1 unspecified atom stereocenters. The van der Waals surface area contributed by atoms with Gasteiger partial charge in [0.1, 0.15) is 0 Å². The first kappa shape index (κ1) is 14.4. The zero-order chi connectivity index (χ0) is 13.7. The van der Waals surface area contributed by atoms with Gasteiger partial charge in [-0.25, -0.2) is 0 Å². The largest absolute Gasteiger partial charge is 0.469 e. The topological polar surface area (TPSA) is 29.5 Å². The van der Waals surface area contributed by atoms with E-state index in [0.717, 1.165) is 30.1 Å². The number of hydrogen-bond donors (Lipinski definition) is 0. The van der Waals surface area contributed by atoms with Gasteiger partial charge in [0, 0.05) is 17.6 Å². The van der Waals surface area contributed by atoms with Crippen molar-refractivity contribution in [1.82, 2.24) is 4.90 Å². The van der Waals surface area contributed by atoms with Crippen molar-refractivity contribution < 1.29 is 9.53 Å². The highest BCUT2D eigenvalue weighted by molar-refractivity contribution is 6.31. The molecule has 1 aromatic rings. The fraction of sp³-hybridized carbons (Fsp3) is 0.533. The summed E-state index contributed by atoms with van der Waals surface area (Å²) < 4.78 is 4.78. The van der Waals surface area contributed by atoms with Crippen molar-refractivity contribution in [2.45, 2.75) is 38.3 Å². The summed E-state index contributed by atoms with van der Waals surface area (Å²) >= 11 is 6.21. The summed E-state index contributed by atoms with van der Waals surface area (Å²) in [6, 6.07) is 8.17. The molecule has 2 rings (SSSR count). The molecule has 1 heterocycles. The van der Waals surface area contributed by atoms with Crippen LogP contribution in [0.5, 0.6) is 0 Å². The van der Waals surface area contributed by atoms with Crippen LogP contribution in [0.4, 0.5) is 0 Å². The molecule has 1 aromatic carbocycles. The van der Waals surface area contributed by atoms with Gasteiger partial charge in [-0.1, -0.05) is 36.2 Å². The summed E-state index contributed by atoms with van der Waals surface area (Å²) in [7, 11) is 1.45. The minimum atomic E-state index is -0.129. The molecule has 1 atom stereocenters. The molecule has 0 radical (unpaired) electrons. The number of nitrogens with zero attached hydrogens (tertiary/aromatic N) is 1. The number of halogens is 1. The summed E-state index contributed by atoms with van der Waals surface area (Å²) in [6.07, 6.45) is 3.89. The van der Waals surface area contributed by atoms with Crippen molar-refractivity contribution in [2.24, 2.45) is 0 Å². The average Bonchev–Trinajstić information content (AvgIpc) is 2.43. The molecule has 104 valence electrons. The first-order valence-corrected chi connectivity index (χ1v) is 7.13. The fourth-order valence-corrected chi connectivity index (χ4v) is 2.82. The normalized spacial score (nSPS) is 20.2. The molecule has 0 aromatic heterocycles. The van der Waals surface area contributed by atoms with E-state index in [1.807, 2.05) is 24.3 Å². The van der Waals surface area contributed by atoms with Crippen molar-refractivity contribution in [3.8, 4) is 0 Å². The zero-order valence-electron chi connectivity index (χ0n) is 11.3. The van der Waals surface area contributed by atoms with E-state index < -0.39 is 0 Å². The average molecular weight is 282 g/mol. The van der Waals surface area contributed by atoms with Crippen molar-refractivity contribution >= 4 is 17.6 Å². The number of esters is 1. The first-order valence-electron chi connectivity index (χ1n) is 6.75. The van der Waals surface area contributed by atoms with Gasteiger partial charge in [-0.05, 0) is 31.0 Å². The summed E-state index contributed by atoms with van der Waals surface area (Å²) in [4.78, 5) is 13.8. The lowest BCUT2D eigenvalue weighted by molar-refractivity contribution is -0.142. The van der Waals surface area contributed by atoms with E-state index in [2.05, 4.69) is 4.90 Å². The quantitative estimate of drug-likeness (QED) is 0.794. The van der Waals surface area contributed by atoms with Gasteiger partial charge in [0.25, 0.3) is 0 Å². The molecule has 1 saturated heterocycles. The molecule has 0 saturated carbocycles. The van der Waals surface area contributed by atoms with Crippen LogP contribution < -0.4 is 0 Å². The molecule has 1 aliphatic rings. The van der Waals surface area contributed by atoms with Crippen LogP contribution in [-0.4, -0.2) is 30.6 Å². The number of piperidine rings is 1. The Bertz CT molecular complexity index is 436. The molecule has 4 heteroatoms. The number of hydrogen-bond acceptors (Lipinski definition) is 3. The number of carbonyl (C=O) groups excluding carboxylic acids is 1. The molecule has 1 aliphatic heterocycles. The monoisotopic (exact) mass is 281 g/mol. The lowest BCUT2D eigenvalue weighted by Gasteiger charge is -2.35. The standard InChI is InChI=1S/C15H20ClNO2/c1-19-15(18)10-13-7-4-5-9-17(13)11-12-6-2-3-8-14(12)16/h2-3,6,8,13H,4-5,7,9-11H2,1H3. The van der Waals surface area contributed by atoms with Gasteiger partial charge in [0.05, 0.1) is 13.5 Å². The molecule has 3 nitrogen and oxygen atoms in total. The summed E-state index contributed by atoms with van der Waals surface area (Å²) in [5.74, 6) is -0.129. The maximum atomic E-state index is 11.5. The predicted molar refractivity (Wildman–Crippen MR) is 76.1 cm³/mol. The maximum Gasteiger partial charge on any atom is 0.307 e. The number of ether oxygens (including phenoxy) is 1. The van der Waals surface area contributed by atoms with Crippen LogP contribution in [0.3, 0.4) is 0 Å². The van der Waals surface area contributed by atoms with Gasteiger partial charge in [-0.15, -0.1) is 0 Å². The lowest BCUT2D eigenvalue weighted by atomic mass is 9.98. The van der Waals surface area contributed by atoms with Crippen LogP contribution in [0.1, 0.15) is 31.2 Å². The van der Waals surface area contributed by atoms with E-state index in [4.69, 9.17) is 16.3 Å². The van der Waals surface area contributed by atoms with Crippen LogP contribution in [-0.2, 0) is 16.1 Å². The van der Waals surface area contributed by atoms with Gasteiger partial charge >= 0.3 is 5.97 Å². The van der Waals surface area contributed by atoms with Gasteiger partial charge in [0.2, 0.25) is 0 Å². The lowest BCUT2D eigenvalue weighted by Crippen LogP contribution is -2.40. The molecular weight excluding hydrogens is 262 g/mol. The molecule has 0 N–H and O–H groups in total. The van der Waals surface area contributed by atoms with Crippen LogP contribution >= 0.6 is 11.6 Å². The van der Waals surface area contributed by atoms with E-state index in [-0.39, 0.29) is 12.0 Å². The van der Waals surface area contributed by atoms with Crippen molar-refractivity contribution in [1.29, 1.82) is 0 Å². The zero-order valence-corrected chi connectivity index (χ0v) is 12.0. The highest BCUT2D eigenvalue weighted by atomic mass is 35.5. The predicted octanol–water partition coefficient (Wildman–Crippen LogP) is 3.26. The van der Waals surface area contributed by atoms with Crippen LogP contribution in [0.2, 0.25) is 5.02 Å². The Hall–Kier alpha value is -1.06. The SMILES string of the molecule is COC(=O)CC1CCCCN1Cc1ccccc1Cl. The summed E-state index contributed by atoms with van der Waals surface area (Å²) in [5.41, 5.74) is 1.13. The summed E-state index contributed by atoms with van der Waals surface area (Å²) in [6.45, 7) is 1.83. The highest BCUT2D eigenvalue weighted by Gasteiger charge is 2.25. The molecule has 0 amide bonds. The molecule has 0 bridgehead atoms. The van der Waals surface area contributed by atoms with E-state index in [1.54, 1.807) is 0 Å². The Morgan fingerprint density at radius 3 is 2.95 bits per heavy atom.